The van der Waals surface area contributed by atoms with E-state index in [1.54, 1.807) is 31.2 Å². The second kappa shape index (κ2) is 8.82. The number of carbonyl (C=O) groups excluding carboxylic acids is 1. The molecule has 0 aliphatic heterocycles. The van der Waals surface area contributed by atoms with E-state index in [1.807, 2.05) is 26.0 Å². The summed E-state index contributed by atoms with van der Waals surface area (Å²) in [5.74, 6) is -0.662. The SMILES string of the molecule is C=C=C(C(=O)OCC)C(NS(=O)(=O)c1ccc(C)cc1)c1ccc(C)cc1. The van der Waals surface area contributed by atoms with Gasteiger partial charge in [-0.1, -0.05) is 54.1 Å². The van der Waals surface area contributed by atoms with Crippen molar-refractivity contribution in [2.75, 3.05) is 6.61 Å². The summed E-state index contributed by atoms with van der Waals surface area (Å²) in [7, 11) is -3.88. The molecule has 2 rings (SSSR count). The van der Waals surface area contributed by atoms with E-state index in [0.717, 1.165) is 11.1 Å². The highest BCUT2D eigenvalue weighted by atomic mass is 32.2. The molecule has 0 spiro atoms. The van der Waals surface area contributed by atoms with Gasteiger partial charge in [-0.2, -0.15) is 4.72 Å². The predicted octanol–water partition coefficient (Wildman–Crippen LogP) is 3.60. The van der Waals surface area contributed by atoms with Crippen LogP contribution in [0.5, 0.6) is 0 Å². The highest BCUT2D eigenvalue weighted by Crippen LogP contribution is 2.25. The van der Waals surface area contributed by atoms with E-state index in [0.29, 0.717) is 5.56 Å². The van der Waals surface area contributed by atoms with Crippen LogP contribution in [0.1, 0.15) is 29.7 Å². The smallest absolute Gasteiger partial charge is 0.343 e. The van der Waals surface area contributed by atoms with Gasteiger partial charge in [-0.3, -0.25) is 0 Å². The largest absolute Gasteiger partial charge is 0.462 e. The molecule has 0 heterocycles. The van der Waals surface area contributed by atoms with Gasteiger partial charge < -0.3 is 4.74 Å². The highest BCUT2D eigenvalue weighted by Gasteiger charge is 2.29. The molecule has 0 saturated heterocycles. The fourth-order valence-corrected chi connectivity index (χ4v) is 3.69. The van der Waals surface area contributed by atoms with Crippen molar-refractivity contribution in [3.63, 3.8) is 0 Å². The Hall–Kier alpha value is -2.66. The fraction of sp³-hybridized carbons (Fsp3) is 0.238. The zero-order valence-corrected chi connectivity index (χ0v) is 16.5. The van der Waals surface area contributed by atoms with Gasteiger partial charge in [0.15, 0.2) is 0 Å². The van der Waals surface area contributed by atoms with E-state index in [2.05, 4.69) is 17.0 Å². The summed E-state index contributed by atoms with van der Waals surface area (Å²) in [6.07, 6.45) is 0. The maximum atomic E-state index is 12.9. The number of nitrogens with one attached hydrogen (secondary N) is 1. The predicted molar refractivity (Wildman–Crippen MR) is 105 cm³/mol. The average Bonchev–Trinajstić information content (AvgIpc) is 2.63. The molecule has 142 valence electrons. The second-order valence-corrected chi connectivity index (χ2v) is 7.80. The quantitative estimate of drug-likeness (QED) is 0.449. The minimum atomic E-state index is -3.88. The molecule has 0 bridgehead atoms. The topological polar surface area (TPSA) is 72.5 Å². The third kappa shape index (κ3) is 5.17. The Morgan fingerprint density at radius 2 is 1.59 bits per heavy atom. The summed E-state index contributed by atoms with van der Waals surface area (Å²) in [6.45, 7) is 9.18. The van der Waals surface area contributed by atoms with Crippen LogP contribution in [0, 0.1) is 13.8 Å². The summed E-state index contributed by atoms with van der Waals surface area (Å²) >= 11 is 0. The molecule has 0 radical (unpaired) electrons. The van der Waals surface area contributed by atoms with Crippen LogP contribution in [0.2, 0.25) is 0 Å². The molecular formula is C21H23NO4S. The highest BCUT2D eigenvalue weighted by molar-refractivity contribution is 7.89. The van der Waals surface area contributed by atoms with Gasteiger partial charge in [0.1, 0.15) is 5.57 Å². The Bertz CT molecular complexity index is 954. The van der Waals surface area contributed by atoms with E-state index < -0.39 is 22.0 Å². The first-order valence-corrected chi connectivity index (χ1v) is 9.99. The number of hydrogen-bond donors (Lipinski definition) is 1. The second-order valence-electron chi connectivity index (χ2n) is 6.09. The number of hydrogen-bond acceptors (Lipinski definition) is 4. The van der Waals surface area contributed by atoms with Crippen molar-refractivity contribution in [3.8, 4) is 0 Å². The molecule has 1 N–H and O–H groups in total. The van der Waals surface area contributed by atoms with Crippen LogP contribution in [0.25, 0.3) is 0 Å². The van der Waals surface area contributed by atoms with Gasteiger partial charge in [0.25, 0.3) is 0 Å². The number of aryl methyl sites for hydroxylation is 2. The van der Waals surface area contributed by atoms with Crippen molar-refractivity contribution in [3.05, 3.63) is 83.1 Å². The lowest BCUT2D eigenvalue weighted by Crippen LogP contribution is -2.32. The number of sulfonamides is 1. The Labute approximate surface area is 160 Å². The van der Waals surface area contributed by atoms with E-state index in [1.165, 1.54) is 12.1 Å². The first-order chi connectivity index (χ1) is 12.8. The molecule has 0 aliphatic carbocycles. The van der Waals surface area contributed by atoms with Crippen molar-refractivity contribution in [2.24, 2.45) is 0 Å². The number of rotatable bonds is 7. The fourth-order valence-electron chi connectivity index (χ4n) is 2.49. The maximum Gasteiger partial charge on any atom is 0.343 e. The Morgan fingerprint density at radius 3 is 2.07 bits per heavy atom. The Morgan fingerprint density at radius 1 is 1.07 bits per heavy atom. The standard InChI is InChI=1S/C21H23NO4S/c1-5-19(21(23)26-6-2)20(17-11-7-15(3)8-12-17)22-27(24,25)18-13-9-16(4)10-14-18/h7-14,20,22H,1,6H2,2-4H3. The summed E-state index contributed by atoms with van der Waals surface area (Å²) < 4.78 is 33.4. The molecule has 0 fully saturated rings. The van der Waals surface area contributed by atoms with Crippen molar-refractivity contribution < 1.29 is 17.9 Å². The lowest BCUT2D eigenvalue weighted by atomic mass is 9.99. The van der Waals surface area contributed by atoms with Crippen molar-refractivity contribution in [1.82, 2.24) is 4.72 Å². The number of esters is 1. The van der Waals surface area contributed by atoms with Gasteiger partial charge in [0.05, 0.1) is 17.5 Å². The zero-order chi connectivity index (χ0) is 20.0. The Kier molecular flexibility index (Phi) is 6.75. The molecule has 2 aromatic rings. The van der Waals surface area contributed by atoms with E-state index in [4.69, 9.17) is 4.74 Å². The lowest BCUT2D eigenvalue weighted by molar-refractivity contribution is -0.138. The van der Waals surface area contributed by atoms with Crippen LogP contribution in [-0.4, -0.2) is 21.0 Å². The molecular weight excluding hydrogens is 362 g/mol. The molecule has 6 heteroatoms. The summed E-state index contributed by atoms with van der Waals surface area (Å²) in [5, 5.41) is 0. The minimum Gasteiger partial charge on any atom is -0.462 e. The number of carbonyl (C=O) groups is 1. The van der Waals surface area contributed by atoms with Crippen LogP contribution in [0.3, 0.4) is 0 Å². The van der Waals surface area contributed by atoms with Gasteiger partial charge >= 0.3 is 5.97 Å². The van der Waals surface area contributed by atoms with Gasteiger partial charge in [-0.15, -0.1) is 5.73 Å². The average molecular weight is 385 g/mol. The van der Waals surface area contributed by atoms with Crippen LogP contribution in [0.4, 0.5) is 0 Å². The number of benzene rings is 2. The zero-order valence-electron chi connectivity index (χ0n) is 15.7. The number of ether oxygens (including phenoxy) is 1. The Balaban J connectivity index is 2.49. The molecule has 0 aromatic heterocycles. The minimum absolute atomic E-state index is 0.0105. The molecule has 0 aliphatic rings. The molecule has 5 nitrogen and oxygen atoms in total. The first kappa shape index (κ1) is 20.6. The third-order valence-electron chi connectivity index (χ3n) is 3.99. The van der Waals surface area contributed by atoms with E-state index in [9.17, 15) is 13.2 Å². The van der Waals surface area contributed by atoms with Gasteiger partial charge in [0, 0.05) is 0 Å². The molecule has 1 unspecified atom stereocenters. The third-order valence-corrected chi connectivity index (χ3v) is 5.43. The van der Waals surface area contributed by atoms with Crippen molar-refractivity contribution in [1.29, 1.82) is 0 Å². The van der Waals surface area contributed by atoms with Crippen LogP contribution in [0.15, 0.2) is 71.3 Å². The molecule has 0 saturated carbocycles. The summed E-state index contributed by atoms with van der Waals surface area (Å²) in [6, 6.07) is 12.7. The maximum absolute atomic E-state index is 12.9. The monoisotopic (exact) mass is 385 g/mol. The van der Waals surface area contributed by atoms with E-state index >= 15 is 0 Å². The molecule has 0 amide bonds. The van der Waals surface area contributed by atoms with Crippen molar-refractivity contribution >= 4 is 16.0 Å². The summed E-state index contributed by atoms with van der Waals surface area (Å²) in [4.78, 5) is 12.4. The normalized spacial score (nSPS) is 12.1. The lowest BCUT2D eigenvalue weighted by Gasteiger charge is -2.20. The molecule has 2 aromatic carbocycles. The van der Waals surface area contributed by atoms with Crippen LogP contribution in [-0.2, 0) is 19.6 Å². The first-order valence-electron chi connectivity index (χ1n) is 8.51. The molecule has 1 atom stereocenters. The van der Waals surface area contributed by atoms with Gasteiger partial charge in [-0.25, -0.2) is 13.2 Å². The van der Waals surface area contributed by atoms with Crippen LogP contribution < -0.4 is 4.72 Å². The molecule has 27 heavy (non-hydrogen) atoms. The van der Waals surface area contributed by atoms with Gasteiger partial charge in [-0.05, 0) is 38.5 Å². The summed E-state index contributed by atoms with van der Waals surface area (Å²) in [5.41, 5.74) is 5.11. The van der Waals surface area contributed by atoms with Crippen molar-refractivity contribution in [2.45, 2.75) is 31.7 Å². The van der Waals surface area contributed by atoms with E-state index in [-0.39, 0.29) is 17.1 Å². The van der Waals surface area contributed by atoms with Crippen LogP contribution >= 0.6 is 0 Å². The van der Waals surface area contributed by atoms with Gasteiger partial charge in [0.2, 0.25) is 10.0 Å².